The van der Waals surface area contributed by atoms with Crippen LogP contribution in [-0.2, 0) is 9.84 Å². The van der Waals surface area contributed by atoms with Gasteiger partial charge in [0.05, 0.1) is 24.8 Å². The number of nitrogens with zero attached hydrogens (tertiary/aromatic N) is 2. The van der Waals surface area contributed by atoms with Gasteiger partial charge in [0.25, 0.3) is 0 Å². The Morgan fingerprint density at radius 1 is 1.44 bits per heavy atom. The molecule has 2 rings (SSSR count). The number of hydrogen-bond acceptors (Lipinski definition) is 6. The third-order valence-electron chi connectivity index (χ3n) is 2.80. The molecule has 6 nitrogen and oxygen atoms in total. The van der Waals surface area contributed by atoms with Crippen LogP contribution in [0.5, 0.6) is 6.01 Å². The normalized spacial score (nSPS) is 19.4. The van der Waals surface area contributed by atoms with E-state index in [0.717, 1.165) is 0 Å². The lowest BCUT2D eigenvalue weighted by Gasteiger charge is -2.23. The van der Waals surface area contributed by atoms with Crippen LogP contribution in [0.3, 0.4) is 0 Å². The number of aromatic nitrogens is 2. The first kappa shape index (κ1) is 13.4. The maximum Gasteiger partial charge on any atom is 0.318 e. The highest BCUT2D eigenvalue weighted by molar-refractivity contribution is 7.91. The minimum Gasteiger partial charge on any atom is -0.467 e. The fourth-order valence-electron chi connectivity index (χ4n) is 1.78. The SMILES string of the molecule is COc1ncc(Cl)c(NC2CCS(=O)(=O)CC2)n1. The van der Waals surface area contributed by atoms with Gasteiger partial charge in [-0.15, -0.1) is 0 Å². The van der Waals surface area contributed by atoms with Crippen LogP contribution in [0.25, 0.3) is 0 Å². The maximum absolute atomic E-state index is 11.3. The van der Waals surface area contributed by atoms with Crippen molar-refractivity contribution in [2.75, 3.05) is 23.9 Å². The van der Waals surface area contributed by atoms with Crippen molar-refractivity contribution in [3.63, 3.8) is 0 Å². The zero-order chi connectivity index (χ0) is 13.2. The van der Waals surface area contributed by atoms with Crippen LogP contribution in [0.15, 0.2) is 6.20 Å². The molecule has 1 aromatic rings. The molecule has 1 fully saturated rings. The largest absolute Gasteiger partial charge is 0.467 e. The fraction of sp³-hybridized carbons (Fsp3) is 0.600. The highest BCUT2D eigenvalue weighted by Crippen LogP contribution is 2.23. The molecule has 0 aromatic carbocycles. The number of sulfone groups is 1. The van der Waals surface area contributed by atoms with Crippen LogP contribution >= 0.6 is 11.6 Å². The van der Waals surface area contributed by atoms with Gasteiger partial charge in [-0.2, -0.15) is 4.98 Å². The van der Waals surface area contributed by atoms with Crippen molar-refractivity contribution >= 4 is 27.3 Å². The molecule has 0 spiro atoms. The van der Waals surface area contributed by atoms with Gasteiger partial charge in [0.15, 0.2) is 5.82 Å². The average molecular weight is 292 g/mol. The summed E-state index contributed by atoms with van der Waals surface area (Å²) in [5.41, 5.74) is 0. The Morgan fingerprint density at radius 3 is 2.72 bits per heavy atom. The Bertz CT molecular complexity index is 521. The second-order valence-corrected chi connectivity index (χ2v) is 6.83. The van der Waals surface area contributed by atoms with Gasteiger partial charge in [-0.1, -0.05) is 11.6 Å². The lowest BCUT2D eigenvalue weighted by molar-refractivity contribution is 0.380. The first-order valence-corrected chi connectivity index (χ1v) is 7.73. The molecule has 8 heteroatoms. The zero-order valence-electron chi connectivity index (χ0n) is 9.89. The quantitative estimate of drug-likeness (QED) is 0.899. The predicted molar refractivity (Wildman–Crippen MR) is 68.9 cm³/mol. The van der Waals surface area contributed by atoms with Crippen molar-refractivity contribution in [3.8, 4) is 6.01 Å². The van der Waals surface area contributed by atoms with Gasteiger partial charge in [0.2, 0.25) is 0 Å². The van der Waals surface area contributed by atoms with Gasteiger partial charge in [-0.3, -0.25) is 0 Å². The summed E-state index contributed by atoms with van der Waals surface area (Å²) in [5, 5.41) is 3.53. The molecule has 1 N–H and O–H groups in total. The smallest absolute Gasteiger partial charge is 0.318 e. The van der Waals surface area contributed by atoms with Crippen LogP contribution in [0, 0.1) is 0 Å². The maximum atomic E-state index is 11.3. The molecule has 0 aliphatic carbocycles. The molecule has 18 heavy (non-hydrogen) atoms. The molecule has 2 heterocycles. The van der Waals surface area contributed by atoms with Gasteiger partial charge in [-0.05, 0) is 12.8 Å². The lowest BCUT2D eigenvalue weighted by Crippen LogP contribution is -2.32. The van der Waals surface area contributed by atoms with Crippen LogP contribution in [0.4, 0.5) is 5.82 Å². The van der Waals surface area contributed by atoms with Crippen molar-refractivity contribution in [2.45, 2.75) is 18.9 Å². The van der Waals surface area contributed by atoms with Crippen LogP contribution in [0.1, 0.15) is 12.8 Å². The molecule has 0 saturated carbocycles. The second-order valence-electron chi connectivity index (χ2n) is 4.12. The predicted octanol–water partition coefficient (Wildman–Crippen LogP) is 1.13. The Labute approximate surface area is 111 Å². The van der Waals surface area contributed by atoms with E-state index in [1.807, 2.05) is 0 Å². The van der Waals surface area contributed by atoms with Crippen LogP contribution < -0.4 is 10.1 Å². The lowest BCUT2D eigenvalue weighted by atomic mass is 10.1. The van der Waals surface area contributed by atoms with Crippen molar-refractivity contribution in [1.82, 2.24) is 9.97 Å². The third-order valence-corrected chi connectivity index (χ3v) is 4.79. The molecule has 0 amide bonds. The molecule has 0 unspecified atom stereocenters. The van der Waals surface area contributed by atoms with E-state index in [9.17, 15) is 8.42 Å². The number of anilines is 1. The first-order chi connectivity index (χ1) is 8.50. The standard InChI is InChI=1S/C10H14ClN3O3S/c1-17-10-12-6-8(11)9(14-10)13-7-2-4-18(15,16)5-3-7/h6-7H,2-5H2,1H3,(H,12,13,14). The number of nitrogens with one attached hydrogen (secondary N) is 1. The number of methoxy groups -OCH3 is 1. The van der Waals surface area contributed by atoms with E-state index in [1.165, 1.54) is 13.3 Å². The Balaban J connectivity index is 2.06. The van der Waals surface area contributed by atoms with Gasteiger partial charge < -0.3 is 10.1 Å². The highest BCUT2D eigenvalue weighted by Gasteiger charge is 2.24. The number of halogens is 1. The molecule has 0 radical (unpaired) electrons. The number of rotatable bonds is 3. The highest BCUT2D eigenvalue weighted by atomic mass is 35.5. The van der Waals surface area contributed by atoms with Gasteiger partial charge in [-0.25, -0.2) is 13.4 Å². The van der Waals surface area contributed by atoms with E-state index in [2.05, 4.69) is 15.3 Å². The minimum absolute atomic E-state index is 0.0608. The topological polar surface area (TPSA) is 81.2 Å². The van der Waals surface area contributed by atoms with E-state index < -0.39 is 9.84 Å². The summed E-state index contributed by atoms with van der Waals surface area (Å²) in [6.07, 6.45) is 2.57. The fourth-order valence-corrected chi connectivity index (χ4v) is 3.42. The summed E-state index contributed by atoms with van der Waals surface area (Å²) in [7, 11) is -1.39. The number of hydrogen-bond donors (Lipinski definition) is 1. The van der Waals surface area contributed by atoms with E-state index in [4.69, 9.17) is 16.3 Å². The van der Waals surface area contributed by atoms with Crippen molar-refractivity contribution < 1.29 is 13.2 Å². The summed E-state index contributed by atoms with van der Waals surface area (Å²) >= 11 is 5.97. The van der Waals surface area contributed by atoms with Crippen molar-refractivity contribution in [1.29, 1.82) is 0 Å². The monoisotopic (exact) mass is 291 g/mol. The minimum atomic E-state index is -2.86. The molecule has 1 aromatic heterocycles. The van der Waals surface area contributed by atoms with E-state index in [-0.39, 0.29) is 23.6 Å². The van der Waals surface area contributed by atoms with Crippen LogP contribution in [-0.4, -0.2) is 43.0 Å². The van der Waals surface area contributed by atoms with Gasteiger partial charge in [0, 0.05) is 6.04 Å². The van der Waals surface area contributed by atoms with Crippen LogP contribution in [0.2, 0.25) is 5.02 Å². The summed E-state index contributed by atoms with van der Waals surface area (Å²) in [6.45, 7) is 0. The zero-order valence-corrected chi connectivity index (χ0v) is 11.5. The van der Waals surface area contributed by atoms with E-state index in [0.29, 0.717) is 23.7 Å². The van der Waals surface area contributed by atoms with Gasteiger partial charge in [0.1, 0.15) is 14.9 Å². The summed E-state index contributed by atoms with van der Waals surface area (Å²) in [6, 6.07) is 0.288. The Hall–Kier alpha value is -1.08. The Morgan fingerprint density at radius 2 is 2.11 bits per heavy atom. The molecule has 1 aliphatic rings. The second kappa shape index (κ2) is 5.27. The molecule has 100 valence electrons. The van der Waals surface area contributed by atoms with E-state index in [1.54, 1.807) is 0 Å². The molecule has 1 aliphatic heterocycles. The third kappa shape index (κ3) is 3.23. The first-order valence-electron chi connectivity index (χ1n) is 5.53. The summed E-state index contributed by atoms with van der Waals surface area (Å²) in [5.74, 6) is 0.877. The molecule has 1 saturated heterocycles. The number of ether oxygens (including phenoxy) is 1. The van der Waals surface area contributed by atoms with E-state index >= 15 is 0 Å². The summed E-state index contributed by atoms with van der Waals surface area (Å²) in [4.78, 5) is 7.97. The molecule has 0 bridgehead atoms. The van der Waals surface area contributed by atoms with Gasteiger partial charge >= 0.3 is 6.01 Å². The molecular weight excluding hydrogens is 278 g/mol. The Kier molecular flexibility index (Phi) is 3.91. The van der Waals surface area contributed by atoms with Crippen molar-refractivity contribution in [2.24, 2.45) is 0 Å². The summed E-state index contributed by atoms with van der Waals surface area (Å²) < 4.78 is 27.5. The molecular formula is C10H14ClN3O3S. The van der Waals surface area contributed by atoms with Crippen molar-refractivity contribution in [3.05, 3.63) is 11.2 Å². The molecule has 0 atom stereocenters. The average Bonchev–Trinajstić information content (AvgIpc) is 2.34.